The summed E-state index contributed by atoms with van der Waals surface area (Å²) in [5.74, 6) is -0.685. The molecule has 2 aromatic heterocycles. The van der Waals surface area contributed by atoms with Gasteiger partial charge in [-0.2, -0.15) is 5.10 Å². The van der Waals surface area contributed by atoms with Gasteiger partial charge in [-0.25, -0.2) is 9.50 Å². The summed E-state index contributed by atoms with van der Waals surface area (Å²) in [7, 11) is 0. The summed E-state index contributed by atoms with van der Waals surface area (Å²) in [5.41, 5.74) is 4.93. The zero-order valence-corrected chi connectivity index (χ0v) is 16.2. The van der Waals surface area contributed by atoms with Gasteiger partial charge in [-0.1, -0.05) is 11.6 Å². The maximum absolute atomic E-state index is 12.1. The van der Waals surface area contributed by atoms with E-state index in [1.54, 1.807) is 28.8 Å². The van der Waals surface area contributed by atoms with E-state index in [0.29, 0.717) is 17.0 Å². The van der Waals surface area contributed by atoms with E-state index in [1.165, 1.54) is 0 Å². The number of halogens is 1. The summed E-state index contributed by atoms with van der Waals surface area (Å²) < 4.78 is 6.90. The molecule has 0 amide bonds. The highest BCUT2D eigenvalue weighted by atomic mass is 35.5. The van der Waals surface area contributed by atoms with E-state index in [0.717, 1.165) is 28.3 Å². The number of benzene rings is 1. The van der Waals surface area contributed by atoms with Gasteiger partial charge in [0, 0.05) is 34.5 Å². The molecule has 0 atom stereocenters. The summed E-state index contributed by atoms with van der Waals surface area (Å²) >= 11 is 5.80. The number of nitrogens with zero attached hydrogens (tertiary/aromatic N) is 3. The molecule has 0 radical (unpaired) electrons. The molecule has 6 nitrogen and oxygen atoms in total. The number of ketones is 1. The average Bonchev–Trinajstić information content (AvgIpc) is 3.00. The quantitative estimate of drug-likeness (QED) is 0.478. The van der Waals surface area contributed by atoms with Gasteiger partial charge in [0.15, 0.2) is 18.0 Å². The minimum Gasteiger partial charge on any atom is -0.457 e. The fourth-order valence-electron chi connectivity index (χ4n) is 2.97. The zero-order chi connectivity index (χ0) is 19.6. The van der Waals surface area contributed by atoms with E-state index in [4.69, 9.17) is 16.3 Å². The standard InChI is InChI=1S/C20H20ClN3O3/c1-12-10-19-22-13(2)17(14(3)24(19)23-12)8-9-20(26)27-11-18(25)15-4-6-16(21)7-5-15/h4-7,10H,8-9,11H2,1-3H3. The molecule has 0 unspecified atom stereocenters. The number of carbonyl (C=O) groups is 2. The van der Waals surface area contributed by atoms with Crippen molar-refractivity contribution in [2.75, 3.05) is 6.61 Å². The fraction of sp³-hybridized carbons (Fsp3) is 0.300. The minimum atomic E-state index is -0.423. The minimum absolute atomic E-state index is 0.170. The molecular formula is C20H20ClN3O3. The van der Waals surface area contributed by atoms with E-state index < -0.39 is 5.97 Å². The Morgan fingerprint density at radius 2 is 1.85 bits per heavy atom. The van der Waals surface area contributed by atoms with Crippen LogP contribution in [0.4, 0.5) is 0 Å². The number of fused-ring (bicyclic) bond motifs is 1. The third-order valence-electron chi connectivity index (χ3n) is 4.40. The summed E-state index contributed by atoms with van der Waals surface area (Å²) in [6.45, 7) is 5.51. The van der Waals surface area contributed by atoms with Gasteiger partial charge >= 0.3 is 5.97 Å². The Balaban J connectivity index is 1.60. The summed E-state index contributed by atoms with van der Waals surface area (Å²) in [5, 5.41) is 4.97. The monoisotopic (exact) mass is 385 g/mol. The molecule has 1 aromatic carbocycles. The van der Waals surface area contributed by atoms with Crippen LogP contribution in [0.3, 0.4) is 0 Å². The van der Waals surface area contributed by atoms with Crippen molar-refractivity contribution in [3.05, 3.63) is 63.6 Å². The SMILES string of the molecule is Cc1cc2nc(C)c(CCC(=O)OCC(=O)c3ccc(Cl)cc3)c(C)n2n1. The predicted octanol–water partition coefficient (Wildman–Crippen LogP) is 3.67. The molecule has 0 fully saturated rings. The largest absolute Gasteiger partial charge is 0.457 e. The number of hydrogen-bond acceptors (Lipinski definition) is 5. The van der Waals surface area contributed by atoms with E-state index >= 15 is 0 Å². The lowest BCUT2D eigenvalue weighted by molar-refractivity contribution is -0.142. The van der Waals surface area contributed by atoms with Crippen molar-refractivity contribution < 1.29 is 14.3 Å². The zero-order valence-electron chi connectivity index (χ0n) is 15.5. The first-order valence-electron chi connectivity index (χ1n) is 8.62. The van der Waals surface area contributed by atoms with E-state index in [1.807, 2.05) is 26.8 Å². The second-order valence-electron chi connectivity index (χ2n) is 6.41. The predicted molar refractivity (Wildman–Crippen MR) is 102 cm³/mol. The number of ether oxygens (including phenoxy) is 1. The Labute approximate surface area is 162 Å². The van der Waals surface area contributed by atoms with Crippen LogP contribution in [0.2, 0.25) is 5.02 Å². The Bertz CT molecular complexity index is 1010. The van der Waals surface area contributed by atoms with Crippen molar-refractivity contribution in [2.24, 2.45) is 0 Å². The molecule has 0 saturated carbocycles. The Morgan fingerprint density at radius 1 is 1.15 bits per heavy atom. The van der Waals surface area contributed by atoms with E-state index in [9.17, 15) is 9.59 Å². The van der Waals surface area contributed by atoms with Crippen LogP contribution >= 0.6 is 11.6 Å². The molecule has 0 bridgehead atoms. The molecule has 0 aliphatic rings. The van der Waals surface area contributed by atoms with Gasteiger partial charge in [-0.15, -0.1) is 0 Å². The van der Waals surface area contributed by atoms with Gasteiger partial charge in [0.2, 0.25) is 0 Å². The second-order valence-corrected chi connectivity index (χ2v) is 6.84. The van der Waals surface area contributed by atoms with Gasteiger partial charge in [0.05, 0.1) is 5.69 Å². The Kier molecular flexibility index (Phi) is 5.56. The number of rotatable bonds is 6. The third kappa shape index (κ3) is 4.34. The second kappa shape index (κ2) is 7.88. The molecule has 3 aromatic rings. The number of hydrogen-bond donors (Lipinski definition) is 0. The summed E-state index contributed by atoms with van der Waals surface area (Å²) in [4.78, 5) is 28.6. The van der Waals surface area contributed by atoms with Crippen molar-refractivity contribution in [3.63, 3.8) is 0 Å². The topological polar surface area (TPSA) is 73.6 Å². The molecule has 0 N–H and O–H groups in total. The van der Waals surface area contributed by atoms with E-state index in [2.05, 4.69) is 10.1 Å². The van der Waals surface area contributed by atoms with Crippen LogP contribution in [0.5, 0.6) is 0 Å². The normalized spacial score (nSPS) is 11.0. The van der Waals surface area contributed by atoms with Crippen LogP contribution in [0, 0.1) is 20.8 Å². The Morgan fingerprint density at radius 3 is 2.56 bits per heavy atom. The molecule has 0 saturated heterocycles. The highest BCUT2D eigenvalue weighted by Gasteiger charge is 2.14. The molecule has 140 valence electrons. The van der Waals surface area contributed by atoms with Crippen molar-refractivity contribution >= 4 is 29.0 Å². The van der Waals surface area contributed by atoms with Gasteiger partial charge in [0.25, 0.3) is 0 Å². The third-order valence-corrected chi connectivity index (χ3v) is 4.65. The van der Waals surface area contributed by atoms with Crippen LogP contribution in [0.25, 0.3) is 5.65 Å². The molecule has 2 heterocycles. The molecular weight excluding hydrogens is 366 g/mol. The first-order chi connectivity index (χ1) is 12.8. The van der Waals surface area contributed by atoms with Crippen LogP contribution in [0.1, 0.15) is 39.4 Å². The first kappa shape index (κ1) is 19.0. The van der Waals surface area contributed by atoms with Gasteiger partial charge in [-0.3, -0.25) is 9.59 Å². The maximum atomic E-state index is 12.1. The highest BCUT2D eigenvalue weighted by molar-refractivity contribution is 6.30. The number of esters is 1. The van der Waals surface area contributed by atoms with Gasteiger partial charge in [-0.05, 0) is 57.0 Å². The Hall–Kier alpha value is -2.73. The number of aryl methyl sites for hydroxylation is 3. The molecule has 0 aliphatic heterocycles. The van der Waals surface area contributed by atoms with E-state index in [-0.39, 0.29) is 18.8 Å². The van der Waals surface area contributed by atoms with Crippen molar-refractivity contribution in [1.29, 1.82) is 0 Å². The summed E-state index contributed by atoms with van der Waals surface area (Å²) in [6.07, 6.45) is 0.649. The highest BCUT2D eigenvalue weighted by Crippen LogP contribution is 2.17. The number of carbonyl (C=O) groups excluding carboxylic acids is 2. The van der Waals surface area contributed by atoms with Crippen LogP contribution in [-0.2, 0) is 16.0 Å². The number of aromatic nitrogens is 3. The molecule has 7 heteroatoms. The summed E-state index contributed by atoms with van der Waals surface area (Å²) in [6, 6.07) is 8.39. The molecule has 3 rings (SSSR count). The lowest BCUT2D eigenvalue weighted by atomic mass is 10.1. The van der Waals surface area contributed by atoms with Gasteiger partial charge in [0.1, 0.15) is 0 Å². The number of Topliss-reactive ketones (excluding diaryl/α,β-unsaturated/α-hetero) is 1. The van der Waals surface area contributed by atoms with Crippen LogP contribution in [-0.4, -0.2) is 33.0 Å². The van der Waals surface area contributed by atoms with Crippen molar-refractivity contribution in [1.82, 2.24) is 14.6 Å². The average molecular weight is 386 g/mol. The van der Waals surface area contributed by atoms with Crippen LogP contribution < -0.4 is 0 Å². The molecule has 0 aliphatic carbocycles. The van der Waals surface area contributed by atoms with Gasteiger partial charge < -0.3 is 4.74 Å². The smallest absolute Gasteiger partial charge is 0.306 e. The molecule has 0 spiro atoms. The fourth-order valence-corrected chi connectivity index (χ4v) is 3.09. The first-order valence-corrected chi connectivity index (χ1v) is 9.00. The maximum Gasteiger partial charge on any atom is 0.306 e. The van der Waals surface area contributed by atoms with Crippen LogP contribution in [0.15, 0.2) is 30.3 Å². The lowest BCUT2D eigenvalue weighted by Crippen LogP contribution is -2.15. The van der Waals surface area contributed by atoms with Crippen molar-refractivity contribution in [2.45, 2.75) is 33.6 Å². The molecule has 27 heavy (non-hydrogen) atoms. The van der Waals surface area contributed by atoms with Crippen molar-refractivity contribution in [3.8, 4) is 0 Å². The lowest BCUT2D eigenvalue weighted by Gasteiger charge is -2.11.